The van der Waals surface area contributed by atoms with Gasteiger partial charge in [-0.2, -0.15) is 0 Å². The molecule has 0 fully saturated rings. The predicted molar refractivity (Wildman–Crippen MR) is 82.0 cm³/mol. The van der Waals surface area contributed by atoms with Crippen molar-refractivity contribution in [2.45, 2.75) is 53.4 Å². The van der Waals surface area contributed by atoms with Crippen LogP contribution in [0.3, 0.4) is 0 Å². The minimum Gasteiger partial charge on any atom is -0.507 e. The second-order valence-electron chi connectivity index (χ2n) is 7.31. The molecule has 1 aromatic rings. The SMILES string of the molecule is CC(C)(C)Cc1cc(OP(O)O)cc(C(C)(C)C)c1O. The topological polar surface area (TPSA) is 69.9 Å². The van der Waals surface area contributed by atoms with E-state index >= 15 is 0 Å². The van der Waals surface area contributed by atoms with Gasteiger partial charge in [-0.15, -0.1) is 0 Å². The summed E-state index contributed by atoms with van der Waals surface area (Å²) in [6.45, 7) is 12.2. The van der Waals surface area contributed by atoms with Crippen molar-refractivity contribution >= 4 is 8.60 Å². The average molecular weight is 300 g/mol. The zero-order valence-electron chi connectivity index (χ0n) is 13.1. The van der Waals surface area contributed by atoms with Crippen LogP contribution in [0.5, 0.6) is 11.5 Å². The Morgan fingerprint density at radius 2 is 1.60 bits per heavy atom. The molecular weight excluding hydrogens is 275 g/mol. The van der Waals surface area contributed by atoms with E-state index in [9.17, 15) is 5.11 Å². The summed E-state index contributed by atoms with van der Waals surface area (Å²) in [7, 11) is -2.46. The fourth-order valence-electron chi connectivity index (χ4n) is 2.09. The molecule has 0 bridgehead atoms. The Hall–Kier alpha value is -0.830. The first kappa shape index (κ1) is 17.2. The largest absolute Gasteiger partial charge is 0.507 e. The number of benzene rings is 1. The summed E-state index contributed by atoms with van der Waals surface area (Å²) in [5.74, 6) is 0.642. The van der Waals surface area contributed by atoms with Crippen LogP contribution >= 0.6 is 8.60 Å². The van der Waals surface area contributed by atoms with Gasteiger partial charge in [-0.1, -0.05) is 41.5 Å². The lowest BCUT2D eigenvalue weighted by molar-refractivity contribution is 0.368. The number of phenolic OH excluding ortho intramolecular Hbond substituents is 1. The van der Waals surface area contributed by atoms with Gasteiger partial charge >= 0.3 is 8.60 Å². The van der Waals surface area contributed by atoms with E-state index in [2.05, 4.69) is 20.8 Å². The van der Waals surface area contributed by atoms with Crippen molar-refractivity contribution < 1.29 is 19.4 Å². The van der Waals surface area contributed by atoms with Crippen LogP contribution in [0.2, 0.25) is 0 Å². The Labute approximate surface area is 122 Å². The molecule has 0 heterocycles. The van der Waals surface area contributed by atoms with Gasteiger partial charge in [-0.05, 0) is 34.9 Å². The molecule has 114 valence electrons. The standard InChI is InChI=1S/C15H25O4P/c1-14(2,3)9-10-7-11(19-20(17)18)8-12(13(10)16)15(4,5)6/h7-8,16-18H,9H2,1-6H3. The highest BCUT2D eigenvalue weighted by Gasteiger charge is 2.24. The third-order valence-electron chi connectivity index (χ3n) is 2.88. The van der Waals surface area contributed by atoms with E-state index in [4.69, 9.17) is 14.3 Å². The molecule has 0 aromatic heterocycles. The lowest BCUT2D eigenvalue weighted by Gasteiger charge is -2.26. The summed E-state index contributed by atoms with van der Waals surface area (Å²) in [5, 5.41) is 10.5. The average Bonchev–Trinajstić information content (AvgIpc) is 2.17. The van der Waals surface area contributed by atoms with Gasteiger partial charge in [0.1, 0.15) is 11.5 Å². The minimum atomic E-state index is -2.46. The first-order valence-corrected chi connectivity index (χ1v) is 7.79. The quantitative estimate of drug-likeness (QED) is 0.741. The van der Waals surface area contributed by atoms with Gasteiger partial charge in [0.25, 0.3) is 0 Å². The molecule has 0 aliphatic heterocycles. The van der Waals surface area contributed by atoms with E-state index in [1.54, 1.807) is 12.1 Å². The van der Waals surface area contributed by atoms with Crippen LogP contribution in [-0.2, 0) is 11.8 Å². The Kier molecular flexibility index (Phi) is 5.07. The normalized spacial score (nSPS) is 12.8. The number of phenols is 1. The molecule has 0 aliphatic rings. The predicted octanol–water partition coefficient (Wildman–Crippen LogP) is 3.87. The lowest BCUT2D eigenvalue weighted by atomic mass is 9.81. The summed E-state index contributed by atoms with van der Waals surface area (Å²) < 4.78 is 5.02. The van der Waals surface area contributed by atoms with Crippen molar-refractivity contribution in [2.24, 2.45) is 5.41 Å². The van der Waals surface area contributed by atoms with Crippen molar-refractivity contribution in [3.8, 4) is 11.5 Å². The van der Waals surface area contributed by atoms with Gasteiger partial charge in [0.05, 0.1) is 0 Å². The van der Waals surface area contributed by atoms with E-state index in [1.807, 2.05) is 20.8 Å². The maximum absolute atomic E-state index is 10.5. The second-order valence-corrected chi connectivity index (χ2v) is 8.00. The molecule has 3 N–H and O–H groups in total. The van der Waals surface area contributed by atoms with Crippen molar-refractivity contribution in [1.29, 1.82) is 0 Å². The van der Waals surface area contributed by atoms with Gasteiger partial charge in [0.15, 0.2) is 0 Å². The minimum absolute atomic E-state index is 0.00835. The van der Waals surface area contributed by atoms with Crippen molar-refractivity contribution in [3.05, 3.63) is 23.3 Å². The molecule has 0 atom stereocenters. The van der Waals surface area contributed by atoms with Gasteiger partial charge in [0.2, 0.25) is 0 Å². The highest BCUT2D eigenvalue weighted by atomic mass is 31.2. The summed E-state index contributed by atoms with van der Waals surface area (Å²) in [4.78, 5) is 18.1. The summed E-state index contributed by atoms with van der Waals surface area (Å²) in [6.07, 6.45) is 0.675. The van der Waals surface area contributed by atoms with Crippen LogP contribution in [0.25, 0.3) is 0 Å². The molecule has 5 heteroatoms. The maximum atomic E-state index is 10.5. The molecule has 0 aliphatic carbocycles. The molecule has 0 unspecified atom stereocenters. The van der Waals surface area contributed by atoms with Crippen molar-refractivity contribution in [2.75, 3.05) is 0 Å². The summed E-state index contributed by atoms with van der Waals surface area (Å²) >= 11 is 0. The highest BCUT2D eigenvalue weighted by Crippen LogP contribution is 2.41. The third-order valence-corrected chi connectivity index (χ3v) is 3.25. The molecule has 4 nitrogen and oxygen atoms in total. The first-order valence-electron chi connectivity index (χ1n) is 6.62. The molecule has 0 saturated heterocycles. The van der Waals surface area contributed by atoms with E-state index in [0.717, 1.165) is 11.1 Å². The lowest BCUT2D eigenvalue weighted by Crippen LogP contribution is -2.15. The van der Waals surface area contributed by atoms with Crippen LogP contribution in [-0.4, -0.2) is 14.9 Å². The van der Waals surface area contributed by atoms with E-state index in [1.165, 1.54) is 0 Å². The fraction of sp³-hybridized carbons (Fsp3) is 0.600. The second kappa shape index (κ2) is 5.88. The van der Waals surface area contributed by atoms with Gasteiger partial charge in [-0.3, -0.25) is 0 Å². The van der Waals surface area contributed by atoms with E-state index < -0.39 is 8.60 Å². The zero-order chi connectivity index (χ0) is 15.7. The van der Waals surface area contributed by atoms with Crippen LogP contribution in [0.15, 0.2) is 12.1 Å². The van der Waals surface area contributed by atoms with Crippen molar-refractivity contribution in [3.63, 3.8) is 0 Å². The molecule has 1 rings (SSSR count). The number of rotatable bonds is 3. The van der Waals surface area contributed by atoms with Crippen molar-refractivity contribution in [1.82, 2.24) is 0 Å². The van der Waals surface area contributed by atoms with Crippen LogP contribution in [0.4, 0.5) is 0 Å². The molecule has 1 aromatic carbocycles. The van der Waals surface area contributed by atoms with Crippen LogP contribution < -0.4 is 4.52 Å². The Morgan fingerprint density at radius 1 is 1.05 bits per heavy atom. The molecule has 20 heavy (non-hydrogen) atoms. The monoisotopic (exact) mass is 300 g/mol. The molecule has 0 radical (unpaired) electrons. The Morgan fingerprint density at radius 3 is 2.00 bits per heavy atom. The molecule has 0 spiro atoms. The Balaban J connectivity index is 3.35. The zero-order valence-corrected chi connectivity index (χ0v) is 14.0. The molecule has 0 amide bonds. The number of aromatic hydroxyl groups is 1. The number of hydrogen-bond donors (Lipinski definition) is 3. The van der Waals surface area contributed by atoms with E-state index in [-0.39, 0.29) is 16.6 Å². The van der Waals surface area contributed by atoms with Crippen LogP contribution in [0, 0.1) is 5.41 Å². The van der Waals surface area contributed by atoms with Gasteiger partial charge in [-0.25, -0.2) is 0 Å². The maximum Gasteiger partial charge on any atom is 0.391 e. The fourth-order valence-corrected chi connectivity index (χ4v) is 2.38. The van der Waals surface area contributed by atoms with E-state index in [0.29, 0.717) is 12.2 Å². The van der Waals surface area contributed by atoms with Crippen LogP contribution in [0.1, 0.15) is 52.7 Å². The van der Waals surface area contributed by atoms with Gasteiger partial charge in [0, 0.05) is 5.56 Å². The molecule has 0 saturated carbocycles. The highest BCUT2D eigenvalue weighted by molar-refractivity contribution is 7.39. The third kappa shape index (κ3) is 4.93. The molecular formula is C15H25O4P. The van der Waals surface area contributed by atoms with Gasteiger partial charge < -0.3 is 19.4 Å². The smallest absolute Gasteiger partial charge is 0.391 e. The first-order chi connectivity index (χ1) is 8.90. The summed E-state index contributed by atoms with van der Waals surface area (Å²) in [5.41, 5.74) is 1.25. The number of hydrogen-bond acceptors (Lipinski definition) is 4. The Bertz CT molecular complexity index is 470. The summed E-state index contributed by atoms with van der Waals surface area (Å²) in [6, 6.07) is 3.35.